The zero-order valence-corrected chi connectivity index (χ0v) is 14.0. The Morgan fingerprint density at radius 1 is 1.32 bits per heavy atom. The van der Waals surface area contributed by atoms with Gasteiger partial charge in [-0.3, -0.25) is 0 Å². The minimum Gasteiger partial charge on any atom is -0.374 e. The lowest BCUT2D eigenvalue weighted by molar-refractivity contribution is -0.145. The van der Waals surface area contributed by atoms with Gasteiger partial charge in [0.2, 0.25) is 0 Å². The Kier molecular flexibility index (Phi) is 4.92. The number of benzene rings is 1. The summed E-state index contributed by atoms with van der Waals surface area (Å²) >= 11 is 5.52. The van der Waals surface area contributed by atoms with E-state index in [1.54, 1.807) is 20.8 Å². The molecule has 1 saturated heterocycles. The van der Waals surface area contributed by atoms with Crippen LogP contribution in [-0.4, -0.2) is 27.8 Å². The minimum absolute atomic E-state index is 0.259. The first-order valence-corrected chi connectivity index (χ1v) is 8.16. The lowest BCUT2D eigenvalue weighted by Crippen LogP contribution is -2.56. The van der Waals surface area contributed by atoms with Crippen LogP contribution >= 0.6 is 11.6 Å². The maximum absolute atomic E-state index is 14.8. The van der Waals surface area contributed by atoms with Gasteiger partial charge in [0.25, 0.3) is 0 Å². The molecule has 8 heteroatoms. The van der Waals surface area contributed by atoms with E-state index in [0.717, 1.165) is 12.1 Å². The first-order valence-electron chi connectivity index (χ1n) is 6.64. The highest BCUT2D eigenvalue weighted by Gasteiger charge is 2.49. The first kappa shape index (κ1) is 17.7. The molecule has 0 spiro atoms. The van der Waals surface area contributed by atoms with Crippen molar-refractivity contribution in [3.05, 3.63) is 34.4 Å². The summed E-state index contributed by atoms with van der Waals surface area (Å²) in [6.07, 6.45) is 0. The molecule has 2 rings (SSSR count). The normalized spacial score (nSPS) is 20.3. The fourth-order valence-electron chi connectivity index (χ4n) is 1.95. The molecular weight excluding hydrogens is 339 g/mol. The highest BCUT2D eigenvalue weighted by atomic mass is 35.5. The third kappa shape index (κ3) is 3.48. The third-order valence-corrected chi connectivity index (χ3v) is 5.18. The smallest absolute Gasteiger partial charge is 0.177 e. The van der Waals surface area contributed by atoms with Crippen molar-refractivity contribution in [3.8, 4) is 0 Å². The Bertz CT molecular complexity index is 602. The third-order valence-electron chi connectivity index (χ3n) is 3.33. The molecule has 0 aliphatic carbocycles. The van der Waals surface area contributed by atoms with Gasteiger partial charge in [0.15, 0.2) is 5.67 Å². The van der Waals surface area contributed by atoms with E-state index in [1.807, 2.05) is 0 Å². The van der Waals surface area contributed by atoms with Crippen LogP contribution in [0.1, 0.15) is 32.4 Å². The zero-order valence-electron chi connectivity index (χ0n) is 12.4. The second-order valence-corrected chi connectivity index (χ2v) is 8.65. The molecule has 0 bridgehead atoms. The van der Waals surface area contributed by atoms with Gasteiger partial charge in [-0.1, -0.05) is 11.6 Å². The number of alkyl halides is 1. The molecule has 1 aliphatic rings. The molecule has 1 N–H and O–H groups in total. The maximum atomic E-state index is 14.8. The topological polar surface area (TPSA) is 38.3 Å². The van der Waals surface area contributed by atoms with Crippen LogP contribution in [0.4, 0.5) is 13.2 Å². The van der Waals surface area contributed by atoms with E-state index in [0.29, 0.717) is 0 Å². The number of halogens is 4. The van der Waals surface area contributed by atoms with Crippen molar-refractivity contribution in [1.82, 2.24) is 4.72 Å². The van der Waals surface area contributed by atoms with E-state index in [2.05, 4.69) is 4.72 Å². The fourth-order valence-corrected chi connectivity index (χ4v) is 3.01. The second-order valence-electron chi connectivity index (χ2n) is 6.25. The summed E-state index contributed by atoms with van der Waals surface area (Å²) in [6, 6.07) is 0.312. The standard InChI is InChI=1S/C14H17ClF3NO2S/c1-13(2,3)22(20)19-12(14(18)6-21-7-14)8-4-11(17)9(15)5-10(8)16/h4-5,12,19H,6-7H2,1-3H3/t12-,22?/m0/s1. The highest BCUT2D eigenvalue weighted by Crippen LogP contribution is 2.39. The summed E-state index contributed by atoms with van der Waals surface area (Å²) in [4.78, 5) is 0. The van der Waals surface area contributed by atoms with Gasteiger partial charge in [-0.05, 0) is 32.9 Å². The SMILES string of the molecule is CC(C)(C)S(=O)N[C@@H](c1cc(F)c(Cl)cc1F)C1(F)COC1. The molecule has 1 aromatic carbocycles. The van der Waals surface area contributed by atoms with Crippen LogP contribution in [-0.2, 0) is 15.7 Å². The van der Waals surface area contributed by atoms with Crippen LogP contribution in [0.25, 0.3) is 0 Å². The number of hydrogen-bond acceptors (Lipinski definition) is 2. The van der Waals surface area contributed by atoms with Crippen molar-refractivity contribution < 1.29 is 22.1 Å². The van der Waals surface area contributed by atoms with Crippen molar-refractivity contribution >= 4 is 22.6 Å². The lowest BCUT2D eigenvalue weighted by atomic mass is 9.89. The largest absolute Gasteiger partial charge is 0.374 e. The lowest BCUT2D eigenvalue weighted by Gasteiger charge is -2.41. The van der Waals surface area contributed by atoms with Gasteiger partial charge in [0.1, 0.15) is 11.6 Å². The number of ether oxygens (including phenoxy) is 1. The monoisotopic (exact) mass is 355 g/mol. The van der Waals surface area contributed by atoms with Gasteiger partial charge in [-0.25, -0.2) is 22.1 Å². The van der Waals surface area contributed by atoms with E-state index in [-0.39, 0.29) is 18.8 Å². The molecule has 3 nitrogen and oxygen atoms in total. The molecular formula is C14H17ClF3NO2S. The van der Waals surface area contributed by atoms with Crippen molar-refractivity contribution in [1.29, 1.82) is 0 Å². The average Bonchev–Trinajstić information content (AvgIpc) is 2.36. The van der Waals surface area contributed by atoms with Gasteiger partial charge in [0.05, 0.1) is 40.0 Å². The number of nitrogens with one attached hydrogen (secondary N) is 1. The molecule has 1 unspecified atom stereocenters. The molecule has 22 heavy (non-hydrogen) atoms. The van der Waals surface area contributed by atoms with Crippen molar-refractivity contribution in [2.24, 2.45) is 0 Å². The Labute approximate surface area is 134 Å². The summed E-state index contributed by atoms with van der Waals surface area (Å²) in [5, 5.41) is -0.394. The molecule has 0 saturated carbocycles. The van der Waals surface area contributed by atoms with Gasteiger partial charge in [-0.15, -0.1) is 0 Å². The Morgan fingerprint density at radius 2 is 1.91 bits per heavy atom. The maximum Gasteiger partial charge on any atom is 0.177 e. The Morgan fingerprint density at radius 3 is 2.36 bits per heavy atom. The molecule has 2 atom stereocenters. The number of hydrogen-bond donors (Lipinski definition) is 1. The van der Waals surface area contributed by atoms with Gasteiger partial charge >= 0.3 is 0 Å². The van der Waals surface area contributed by atoms with Crippen molar-refractivity contribution in [2.75, 3.05) is 13.2 Å². The van der Waals surface area contributed by atoms with E-state index < -0.39 is 44.1 Å². The van der Waals surface area contributed by atoms with Crippen LogP contribution < -0.4 is 4.72 Å². The van der Waals surface area contributed by atoms with Crippen LogP contribution in [0.3, 0.4) is 0 Å². The first-order chi connectivity index (χ1) is 10.0. The summed E-state index contributed by atoms with van der Waals surface area (Å²) in [7, 11) is -1.67. The molecule has 0 amide bonds. The number of rotatable bonds is 4. The molecule has 0 radical (unpaired) electrons. The second kappa shape index (κ2) is 6.11. The Balaban J connectivity index is 2.42. The zero-order chi connectivity index (χ0) is 16.7. The van der Waals surface area contributed by atoms with Crippen molar-refractivity contribution in [3.63, 3.8) is 0 Å². The summed E-state index contributed by atoms with van der Waals surface area (Å²) < 4.78 is 61.5. The van der Waals surface area contributed by atoms with E-state index in [1.165, 1.54) is 0 Å². The van der Waals surface area contributed by atoms with Crippen molar-refractivity contribution in [2.45, 2.75) is 37.2 Å². The predicted octanol–water partition coefficient (Wildman–Crippen LogP) is 3.45. The van der Waals surface area contributed by atoms with Crippen LogP contribution in [0.5, 0.6) is 0 Å². The molecule has 124 valence electrons. The van der Waals surface area contributed by atoms with E-state index in [9.17, 15) is 17.4 Å². The molecule has 1 aromatic rings. The minimum atomic E-state index is -1.96. The molecule has 0 aromatic heterocycles. The summed E-state index contributed by atoms with van der Waals surface area (Å²) in [6.45, 7) is 4.50. The van der Waals surface area contributed by atoms with Crippen LogP contribution in [0.2, 0.25) is 5.02 Å². The fraction of sp³-hybridized carbons (Fsp3) is 0.571. The van der Waals surface area contributed by atoms with Crippen LogP contribution in [0.15, 0.2) is 12.1 Å². The van der Waals surface area contributed by atoms with Gasteiger partial charge < -0.3 is 4.74 Å². The Hall–Kier alpha value is -0.630. The van der Waals surface area contributed by atoms with Gasteiger partial charge in [0, 0.05) is 5.56 Å². The quantitative estimate of drug-likeness (QED) is 0.840. The highest BCUT2D eigenvalue weighted by molar-refractivity contribution is 7.84. The average molecular weight is 356 g/mol. The van der Waals surface area contributed by atoms with E-state index in [4.69, 9.17) is 16.3 Å². The van der Waals surface area contributed by atoms with Crippen LogP contribution in [0, 0.1) is 11.6 Å². The molecule has 1 aliphatic heterocycles. The summed E-state index contributed by atoms with van der Waals surface area (Å²) in [5.74, 6) is -1.73. The van der Waals surface area contributed by atoms with Gasteiger partial charge in [-0.2, -0.15) is 0 Å². The summed E-state index contributed by atoms with van der Waals surface area (Å²) in [5.41, 5.74) is -2.22. The molecule has 1 heterocycles. The molecule has 1 fully saturated rings. The van der Waals surface area contributed by atoms with E-state index >= 15 is 0 Å². The predicted molar refractivity (Wildman–Crippen MR) is 79.8 cm³/mol.